The number of nitrogens with zero attached hydrogens (tertiary/aromatic N) is 1. The van der Waals surface area contributed by atoms with Crippen molar-refractivity contribution in [3.63, 3.8) is 0 Å². The zero-order valence-electron chi connectivity index (χ0n) is 15.7. The van der Waals surface area contributed by atoms with Gasteiger partial charge in [0.1, 0.15) is 17.4 Å². The molecule has 0 unspecified atom stereocenters. The van der Waals surface area contributed by atoms with Gasteiger partial charge in [0.2, 0.25) is 0 Å². The van der Waals surface area contributed by atoms with E-state index in [1.165, 1.54) is 0 Å². The van der Waals surface area contributed by atoms with E-state index in [0.29, 0.717) is 36.1 Å². The second-order valence-corrected chi connectivity index (χ2v) is 7.80. The molecule has 0 saturated carbocycles. The third kappa shape index (κ3) is 5.32. The first-order valence-electron chi connectivity index (χ1n) is 8.79. The summed E-state index contributed by atoms with van der Waals surface area (Å²) in [4.78, 5) is 18.2. The van der Waals surface area contributed by atoms with Crippen LogP contribution >= 0.6 is 22.9 Å². The summed E-state index contributed by atoms with van der Waals surface area (Å²) in [6.07, 6.45) is 0. The third-order valence-electron chi connectivity index (χ3n) is 4.01. The number of nitrogens with one attached hydrogen (secondary N) is 1. The standard InChI is InChI=1S/C21H21ClN2O3S/c1-14-20(15-6-8-17(22)9-7-15)24-19(28-14)13-23-21(25)16-4-3-5-18(12-16)27-11-10-26-2/h3-9,12H,10-11,13H2,1-2H3,(H,23,25). The molecule has 7 heteroatoms. The molecule has 0 spiro atoms. The Labute approximate surface area is 173 Å². The Morgan fingerprint density at radius 2 is 1.96 bits per heavy atom. The van der Waals surface area contributed by atoms with E-state index in [9.17, 15) is 4.79 Å². The van der Waals surface area contributed by atoms with Crippen molar-refractivity contribution in [1.82, 2.24) is 10.3 Å². The van der Waals surface area contributed by atoms with E-state index in [-0.39, 0.29) is 5.91 Å². The minimum absolute atomic E-state index is 0.168. The minimum Gasteiger partial charge on any atom is -0.491 e. The lowest BCUT2D eigenvalue weighted by atomic mass is 10.1. The molecular formula is C21H21ClN2O3S. The van der Waals surface area contributed by atoms with Crippen LogP contribution in [0.4, 0.5) is 0 Å². The highest BCUT2D eigenvalue weighted by Crippen LogP contribution is 2.28. The van der Waals surface area contributed by atoms with E-state index in [1.54, 1.807) is 36.6 Å². The highest BCUT2D eigenvalue weighted by molar-refractivity contribution is 7.12. The SMILES string of the molecule is COCCOc1cccc(C(=O)NCc2nc(-c3ccc(Cl)cc3)c(C)s2)c1. The van der Waals surface area contributed by atoms with Gasteiger partial charge in [0, 0.05) is 28.1 Å². The molecule has 146 valence electrons. The molecule has 0 aliphatic carbocycles. The molecule has 0 bridgehead atoms. The molecule has 5 nitrogen and oxygen atoms in total. The summed E-state index contributed by atoms with van der Waals surface area (Å²) < 4.78 is 10.5. The first-order valence-corrected chi connectivity index (χ1v) is 9.98. The largest absolute Gasteiger partial charge is 0.491 e. The van der Waals surface area contributed by atoms with Crippen LogP contribution in [0.3, 0.4) is 0 Å². The van der Waals surface area contributed by atoms with Crippen molar-refractivity contribution in [1.29, 1.82) is 0 Å². The van der Waals surface area contributed by atoms with Crippen molar-refractivity contribution in [2.75, 3.05) is 20.3 Å². The monoisotopic (exact) mass is 416 g/mol. The summed E-state index contributed by atoms with van der Waals surface area (Å²) in [6, 6.07) is 14.7. The van der Waals surface area contributed by atoms with E-state index >= 15 is 0 Å². The number of amides is 1. The molecule has 0 aliphatic heterocycles. The number of thiazole rings is 1. The van der Waals surface area contributed by atoms with Gasteiger partial charge >= 0.3 is 0 Å². The number of ether oxygens (including phenoxy) is 2. The summed E-state index contributed by atoms with van der Waals surface area (Å²) in [5, 5.41) is 4.46. The van der Waals surface area contributed by atoms with E-state index in [0.717, 1.165) is 21.1 Å². The Kier molecular flexibility index (Phi) is 7.03. The summed E-state index contributed by atoms with van der Waals surface area (Å²) in [5.74, 6) is 0.470. The van der Waals surface area contributed by atoms with Crippen molar-refractivity contribution in [2.24, 2.45) is 0 Å². The first kappa shape index (κ1) is 20.3. The highest BCUT2D eigenvalue weighted by atomic mass is 35.5. The lowest BCUT2D eigenvalue weighted by molar-refractivity contribution is 0.0950. The molecule has 0 aliphatic rings. The molecule has 0 atom stereocenters. The fourth-order valence-corrected chi connectivity index (χ4v) is 3.65. The van der Waals surface area contributed by atoms with Gasteiger partial charge in [0.15, 0.2) is 0 Å². The van der Waals surface area contributed by atoms with E-state index < -0.39 is 0 Å². The van der Waals surface area contributed by atoms with Crippen molar-refractivity contribution >= 4 is 28.8 Å². The van der Waals surface area contributed by atoms with Gasteiger partial charge in [-0.2, -0.15) is 0 Å². The average molecular weight is 417 g/mol. The fourth-order valence-electron chi connectivity index (χ4n) is 2.63. The minimum atomic E-state index is -0.168. The molecule has 0 radical (unpaired) electrons. The Hall–Kier alpha value is -2.41. The van der Waals surface area contributed by atoms with Gasteiger partial charge in [-0.3, -0.25) is 4.79 Å². The average Bonchev–Trinajstić information content (AvgIpc) is 3.08. The van der Waals surface area contributed by atoms with Crippen LogP contribution in [-0.2, 0) is 11.3 Å². The van der Waals surface area contributed by atoms with Crippen LogP contribution in [0, 0.1) is 6.92 Å². The zero-order valence-corrected chi connectivity index (χ0v) is 17.3. The molecule has 1 N–H and O–H groups in total. The second-order valence-electron chi connectivity index (χ2n) is 6.07. The van der Waals surface area contributed by atoms with E-state index in [1.807, 2.05) is 37.3 Å². The Balaban J connectivity index is 1.63. The van der Waals surface area contributed by atoms with Crippen LogP contribution in [0.2, 0.25) is 5.02 Å². The van der Waals surface area contributed by atoms with Gasteiger partial charge in [0.05, 0.1) is 18.8 Å². The van der Waals surface area contributed by atoms with Crippen LogP contribution in [0.15, 0.2) is 48.5 Å². The Bertz CT molecular complexity index is 941. The number of aryl methyl sites for hydroxylation is 1. The topological polar surface area (TPSA) is 60.5 Å². The number of aromatic nitrogens is 1. The third-order valence-corrected chi connectivity index (χ3v) is 5.23. The number of benzene rings is 2. The fraction of sp³-hybridized carbons (Fsp3) is 0.238. The molecular weight excluding hydrogens is 396 g/mol. The summed E-state index contributed by atoms with van der Waals surface area (Å²) >= 11 is 7.52. The number of carbonyl (C=O) groups excluding carboxylic acids is 1. The van der Waals surface area contributed by atoms with Gasteiger partial charge in [0.25, 0.3) is 5.91 Å². The number of halogens is 1. The maximum atomic E-state index is 12.5. The molecule has 1 aromatic heterocycles. The maximum Gasteiger partial charge on any atom is 0.251 e. The normalized spacial score (nSPS) is 10.7. The predicted molar refractivity (Wildman–Crippen MR) is 112 cm³/mol. The molecule has 1 heterocycles. The van der Waals surface area contributed by atoms with Gasteiger partial charge in [-0.15, -0.1) is 11.3 Å². The van der Waals surface area contributed by atoms with Crippen molar-refractivity contribution in [3.05, 3.63) is 69.0 Å². The number of methoxy groups -OCH3 is 1. The Morgan fingerprint density at radius 3 is 2.71 bits per heavy atom. The van der Waals surface area contributed by atoms with E-state index in [2.05, 4.69) is 10.3 Å². The smallest absolute Gasteiger partial charge is 0.251 e. The molecule has 0 fully saturated rings. The molecule has 3 rings (SSSR count). The van der Waals surface area contributed by atoms with E-state index in [4.69, 9.17) is 21.1 Å². The summed E-state index contributed by atoms with van der Waals surface area (Å²) in [7, 11) is 1.62. The zero-order chi connectivity index (χ0) is 19.9. The van der Waals surface area contributed by atoms with Crippen molar-refractivity contribution in [2.45, 2.75) is 13.5 Å². The molecule has 0 saturated heterocycles. The maximum absolute atomic E-state index is 12.5. The Morgan fingerprint density at radius 1 is 1.18 bits per heavy atom. The lowest BCUT2D eigenvalue weighted by Crippen LogP contribution is -2.22. The quantitative estimate of drug-likeness (QED) is 0.539. The number of hydrogen-bond donors (Lipinski definition) is 1. The van der Waals surface area contributed by atoms with Gasteiger partial charge in [-0.05, 0) is 37.3 Å². The summed E-state index contributed by atoms with van der Waals surface area (Å²) in [5.41, 5.74) is 2.47. The predicted octanol–water partition coefficient (Wildman–Crippen LogP) is 4.73. The molecule has 2 aromatic carbocycles. The van der Waals surface area contributed by atoms with Crippen LogP contribution in [0.1, 0.15) is 20.2 Å². The number of carbonyl (C=O) groups is 1. The van der Waals surface area contributed by atoms with Gasteiger partial charge < -0.3 is 14.8 Å². The first-order chi connectivity index (χ1) is 13.6. The van der Waals surface area contributed by atoms with Gasteiger partial charge in [-0.1, -0.05) is 29.8 Å². The van der Waals surface area contributed by atoms with Crippen molar-refractivity contribution < 1.29 is 14.3 Å². The van der Waals surface area contributed by atoms with Crippen molar-refractivity contribution in [3.8, 4) is 17.0 Å². The summed E-state index contributed by atoms with van der Waals surface area (Å²) in [6.45, 7) is 3.32. The second kappa shape index (κ2) is 9.68. The molecule has 28 heavy (non-hydrogen) atoms. The van der Waals surface area contributed by atoms with Crippen LogP contribution in [0.5, 0.6) is 5.75 Å². The van der Waals surface area contributed by atoms with Crippen LogP contribution < -0.4 is 10.1 Å². The number of hydrogen-bond acceptors (Lipinski definition) is 5. The highest BCUT2D eigenvalue weighted by Gasteiger charge is 2.12. The number of rotatable bonds is 8. The lowest BCUT2D eigenvalue weighted by Gasteiger charge is -2.08. The van der Waals surface area contributed by atoms with Gasteiger partial charge in [-0.25, -0.2) is 4.98 Å². The van der Waals surface area contributed by atoms with Crippen LogP contribution in [0.25, 0.3) is 11.3 Å². The molecule has 1 amide bonds. The van der Waals surface area contributed by atoms with Crippen LogP contribution in [-0.4, -0.2) is 31.2 Å². The molecule has 3 aromatic rings.